The molecule has 2 aliphatic heterocycles. The van der Waals surface area contributed by atoms with Gasteiger partial charge in [0, 0.05) is 12.0 Å². The second-order valence-electron chi connectivity index (χ2n) is 4.86. The van der Waals surface area contributed by atoms with Gasteiger partial charge < -0.3 is 15.0 Å². The first-order chi connectivity index (χ1) is 9.74. The van der Waals surface area contributed by atoms with Gasteiger partial charge in [-0.05, 0) is 6.07 Å². The Morgan fingerprint density at radius 1 is 1.45 bits per heavy atom. The Balaban J connectivity index is 1.63. The molecule has 1 saturated heterocycles. The summed E-state index contributed by atoms with van der Waals surface area (Å²) in [5.41, 5.74) is 1.01. The maximum Gasteiger partial charge on any atom is 0.240 e. The molecular formula is C14H16N2O3S. The first-order valence-corrected chi connectivity index (χ1v) is 7.76. The van der Waals surface area contributed by atoms with Crippen LogP contribution >= 0.6 is 11.8 Å². The van der Waals surface area contributed by atoms with Crippen LogP contribution in [0.2, 0.25) is 0 Å². The van der Waals surface area contributed by atoms with E-state index in [9.17, 15) is 9.59 Å². The molecule has 0 saturated carbocycles. The quantitative estimate of drug-likeness (QED) is 0.908. The molecule has 6 heteroatoms. The molecule has 5 nitrogen and oxygen atoms in total. The minimum atomic E-state index is -0.109. The normalized spacial score (nSPS) is 21.3. The molecule has 0 spiro atoms. The monoisotopic (exact) mass is 292 g/mol. The zero-order valence-corrected chi connectivity index (χ0v) is 11.8. The molecule has 106 valence electrons. The Kier molecular flexibility index (Phi) is 3.82. The van der Waals surface area contributed by atoms with Crippen molar-refractivity contribution < 1.29 is 14.3 Å². The Hall–Kier alpha value is -1.69. The number of carbonyl (C=O) groups is 2. The fourth-order valence-corrected chi connectivity index (χ4v) is 3.35. The van der Waals surface area contributed by atoms with Crippen molar-refractivity contribution in [3.8, 4) is 5.75 Å². The summed E-state index contributed by atoms with van der Waals surface area (Å²) in [6.07, 6.45) is 0.755. The highest BCUT2D eigenvalue weighted by Crippen LogP contribution is 2.31. The first-order valence-electron chi connectivity index (χ1n) is 6.60. The third-order valence-electron chi connectivity index (χ3n) is 3.45. The number of ether oxygens (including phenoxy) is 1. The molecule has 1 aromatic rings. The van der Waals surface area contributed by atoms with Crippen molar-refractivity contribution in [3.05, 3.63) is 29.8 Å². The van der Waals surface area contributed by atoms with Gasteiger partial charge in [0.1, 0.15) is 12.3 Å². The molecule has 1 aromatic carbocycles. The highest BCUT2D eigenvalue weighted by Gasteiger charge is 2.26. The number of hydrogen-bond acceptors (Lipinski definition) is 4. The van der Waals surface area contributed by atoms with Gasteiger partial charge >= 0.3 is 0 Å². The van der Waals surface area contributed by atoms with Gasteiger partial charge in [0.25, 0.3) is 0 Å². The number of benzene rings is 1. The maximum atomic E-state index is 12.1. The predicted octanol–water partition coefficient (Wildman–Crippen LogP) is 1.16. The van der Waals surface area contributed by atoms with Gasteiger partial charge in [0.2, 0.25) is 11.8 Å². The molecule has 0 bridgehead atoms. The van der Waals surface area contributed by atoms with Crippen molar-refractivity contribution in [2.24, 2.45) is 0 Å². The molecule has 0 unspecified atom stereocenters. The number of thioether (sulfide) groups is 1. The smallest absolute Gasteiger partial charge is 0.240 e. The Morgan fingerprint density at radius 2 is 2.30 bits per heavy atom. The van der Waals surface area contributed by atoms with E-state index in [-0.39, 0.29) is 24.4 Å². The lowest BCUT2D eigenvalue weighted by Crippen LogP contribution is -2.40. The summed E-state index contributed by atoms with van der Waals surface area (Å²) in [6.45, 7) is 0.742. The summed E-state index contributed by atoms with van der Waals surface area (Å²) in [6, 6.07) is 7.71. The van der Waals surface area contributed by atoms with Crippen molar-refractivity contribution >= 4 is 23.6 Å². The zero-order valence-electron chi connectivity index (χ0n) is 11.0. The summed E-state index contributed by atoms with van der Waals surface area (Å²) in [5.74, 6) is 1.85. The molecular weight excluding hydrogens is 276 g/mol. The van der Waals surface area contributed by atoms with E-state index in [2.05, 4.69) is 5.32 Å². The molecule has 1 fully saturated rings. The zero-order chi connectivity index (χ0) is 13.9. The molecule has 0 aliphatic carbocycles. The van der Waals surface area contributed by atoms with Gasteiger partial charge in [-0.2, -0.15) is 0 Å². The van der Waals surface area contributed by atoms with Gasteiger partial charge in [-0.3, -0.25) is 9.59 Å². The summed E-state index contributed by atoms with van der Waals surface area (Å²) in [7, 11) is 0. The summed E-state index contributed by atoms with van der Waals surface area (Å²) in [5, 5.41) is 3.00. The van der Waals surface area contributed by atoms with Gasteiger partial charge in [-0.25, -0.2) is 0 Å². The molecule has 2 aliphatic rings. The number of amides is 2. The van der Waals surface area contributed by atoms with Crippen LogP contribution in [0.3, 0.4) is 0 Å². The summed E-state index contributed by atoms with van der Waals surface area (Å²) in [4.78, 5) is 25.2. The van der Waals surface area contributed by atoms with E-state index in [1.807, 2.05) is 24.3 Å². The van der Waals surface area contributed by atoms with E-state index < -0.39 is 0 Å². The Bertz CT molecular complexity index is 535. The van der Waals surface area contributed by atoms with Crippen LogP contribution in [0.25, 0.3) is 0 Å². The molecule has 1 N–H and O–H groups in total. The number of nitrogens with one attached hydrogen (secondary N) is 1. The third kappa shape index (κ3) is 2.75. The Morgan fingerprint density at radius 3 is 3.10 bits per heavy atom. The fraction of sp³-hybridized carbons (Fsp3) is 0.429. The van der Waals surface area contributed by atoms with Crippen LogP contribution < -0.4 is 10.1 Å². The van der Waals surface area contributed by atoms with Gasteiger partial charge in [0.05, 0.1) is 24.3 Å². The van der Waals surface area contributed by atoms with Crippen molar-refractivity contribution in [2.75, 3.05) is 24.8 Å². The van der Waals surface area contributed by atoms with Crippen LogP contribution in [-0.4, -0.2) is 41.5 Å². The van der Waals surface area contributed by atoms with Crippen LogP contribution in [0.5, 0.6) is 5.75 Å². The SMILES string of the molecule is O=C(CN1CSCC1=O)N[C@H]1CCOc2ccccc21. The molecule has 0 aromatic heterocycles. The number of rotatable bonds is 3. The molecule has 1 atom stereocenters. The van der Waals surface area contributed by atoms with Crippen molar-refractivity contribution in [3.63, 3.8) is 0 Å². The minimum absolute atomic E-state index is 0.0298. The lowest BCUT2D eigenvalue weighted by molar-refractivity contribution is -0.132. The largest absolute Gasteiger partial charge is 0.493 e. The maximum absolute atomic E-state index is 12.1. The van der Waals surface area contributed by atoms with E-state index in [0.29, 0.717) is 18.2 Å². The second kappa shape index (κ2) is 5.75. The first kappa shape index (κ1) is 13.3. The van der Waals surface area contributed by atoms with Crippen LogP contribution in [0.1, 0.15) is 18.0 Å². The number of carbonyl (C=O) groups excluding carboxylic acids is 2. The Labute approximate surface area is 121 Å². The third-order valence-corrected chi connectivity index (χ3v) is 4.40. The molecule has 3 rings (SSSR count). The molecule has 0 radical (unpaired) electrons. The minimum Gasteiger partial charge on any atom is -0.493 e. The summed E-state index contributed by atoms with van der Waals surface area (Å²) >= 11 is 1.54. The van der Waals surface area contributed by atoms with Gasteiger partial charge in [-0.1, -0.05) is 18.2 Å². The molecule has 2 amide bonds. The van der Waals surface area contributed by atoms with Crippen molar-refractivity contribution in [2.45, 2.75) is 12.5 Å². The predicted molar refractivity (Wildman–Crippen MR) is 76.5 cm³/mol. The van der Waals surface area contributed by atoms with Crippen LogP contribution in [0.4, 0.5) is 0 Å². The van der Waals surface area contributed by atoms with Crippen molar-refractivity contribution in [1.29, 1.82) is 0 Å². The molecule has 20 heavy (non-hydrogen) atoms. The number of para-hydroxylation sites is 1. The topological polar surface area (TPSA) is 58.6 Å². The van der Waals surface area contributed by atoms with E-state index in [1.54, 1.807) is 16.7 Å². The van der Waals surface area contributed by atoms with E-state index >= 15 is 0 Å². The number of nitrogens with zero attached hydrogens (tertiary/aromatic N) is 1. The fourth-order valence-electron chi connectivity index (χ4n) is 2.45. The van der Waals surface area contributed by atoms with Gasteiger partial charge in [-0.15, -0.1) is 11.8 Å². The average molecular weight is 292 g/mol. The lowest BCUT2D eigenvalue weighted by atomic mass is 10.0. The van der Waals surface area contributed by atoms with Crippen LogP contribution in [-0.2, 0) is 9.59 Å². The molecule has 2 heterocycles. The number of hydrogen-bond donors (Lipinski definition) is 1. The standard InChI is InChI=1S/C14H16N2O3S/c17-13(7-16-9-20-8-14(16)18)15-11-5-6-19-12-4-2-1-3-10(11)12/h1-4,11H,5-9H2,(H,15,17)/t11-/m0/s1. The lowest BCUT2D eigenvalue weighted by Gasteiger charge is -2.27. The average Bonchev–Trinajstić information content (AvgIpc) is 2.85. The second-order valence-corrected chi connectivity index (χ2v) is 5.82. The van der Waals surface area contributed by atoms with Crippen molar-refractivity contribution in [1.82, 2.24) is 10.2 Å². The number of fused-ring (bicyclic) bond motifs is 1. The van der Waals surface area contributed by atoms with Crippen LogP contribution in [0.15, 0.2) is 24.3 Å². The van der Waals surface area contributed by atoms with E-state index in [4.69, 9.17) is 4.74 Å². The highest BCUT2D eigenvalue weighted by molar-refractivity contribution is 8.00. The highest BCUT2D eigenvalue weighted by atomic mass is 32.2. The van der Waals surface area contributed by atoms with E-state index in [0.717, 1.165) is 17.7 Å². The van der Waals surface area contributed by atoms with Gasteiger partial charge in [0.15, 0.2) is 0 Å². The van der Waals surface area contributed by atoms with Crippen LogP contribution in [0, 0.1) is 0 Å². The van der Waals surface area contributed by atoms with E-state index in [1.165, 1.54) is 0 Å². The summed E-state index contributed by atoms with van der Waals surface area (Å²) < 4.78 is 5.57.